The predicted octanol–water partition coefficient (Wildman–Crippen LogP) is 2.18. The second kappa shape index (κ2) is 7.53. The van der Waals surface area contributed by atoms with Crippen molar-refractivity contribution in [2.45, 2.75) is 24.8 Å². The van der Waals surface area contributed by atoms with Crippen LogP contribution >= 0.6 is 11.3 Å². The molecule has 3 aromatic rings. The highest BCUT2D eigenvalue weighted by Crippen LogP contribution is 2.29. The van der Waals surface area contributed by atoms with Crippen LogP contribution in [0.25, 0.3) is 0 Å². The van der Waals surface area contributed by atoms with Crippen LogP contribution < -0.4 is 10.6 Å². The minimum Gasteiger partial charge on any atom is -0.317 e. The molecule has 140 valence electrons. The Bertz CT molecular complexity index is 920. The summed E-state index contributed by atoms with van der Waals surface area (Å²) in [5.41, 5.74) is -0.190. The zero-order valence-corrected chi connectivity index (χ0v) is 15.4. The molecule has 0 atom stereocenters. The monoisotopic (exact) mass is 386 g/mol. The van der Waals surface area contributed by atoms with Gasteiger partial charge in [0.25, 0.3) is 5.91 Å². The minimum atomic E-state index is -0.744. The van der Waals surface area contributed by atoms with Gasteiger partial charge >= 0.3 is 0 Å². The summed E-state index contributed by atoms with van der Waals surface area (Å²) in [4.78, 5) is 13.1. The first-order chi connectivity index (χ1) is 13.2. The predicted molar refractivity (Wildman–Crippen MR) is 100 cm³/mol. The molecular weight excluding hydrogens is 367 g/mol. The van der Waals surface area contributed by atoms with Crippen LogP contribution in [-0.2, 0) is 16.8 Å². The third kappa shape index (κ3) is 3.60. The van der Waals surface area contributed by atoms with E-state index in [1.807, 2.05) is 12.3 Å². The van der Waals surface area contributed by atoms with Crippen molar-refractivity contribution >= 4 is 22.4 Å². The molecular formula is C18H19FN6OS. The molecule has 0 saturated carbocycles. The molecule has 9 heteroatoms. The van der Waals surface area contributed by atoms with Crippen LogP contribution in [0.3, 0.4) is 0 Å². The lowest BCUT2D eigenvalue weighted by atomic mass is 9.87. The van der Waals surface area contributed by atoms with Crippen LogP contribution in [0.5, 0.6) is 0 Å². The molecule has 1 aliphatic rings. The summed E-state index contributed by atoms with van der Waals surface area (Å²) in [5.74, 6) is -0.424. The third-order valence-corrected chi connectivity index (χ3v) is 5.62. The summed E-state index contributed by atoms with van der Waals surface area (Å²) >= 11 is 1.26. The minimum absolute atomic E-state index is 0.152. The Morgan fingerprint density at radius 3 is 2.81 bits per heavy atom. The number of nitrogens with zero attached hydrogens (tertiary/aromatic N) is 4. The summed E-state index contributed by atoms with van der Waals surface area (Å²) < 4.78 is 15.5. The largest absolute Gasteiger partial charge is 0.317 e. The van der Waals surface area contributed by atoms with Crippen molar-refractivity contribution < 1.29 is 9.18 Å². The van der Waals surface area contributed by atoms with Crippen molar-refractivity contribution in [2.75, 3.05) is 18.4 Å². The normalized spacial score (nSPS) is 16.2. The molecule has 3 heterocycles. The van der Waals surface area contributed by atoms with Crippen molar-refractivity contribution in [2.24, 2.45) is 0 Å². The number of hydrogen-bond donors (Lipinski definition) is 2. The maximum Gasteiger partial charge on any atom is 0.254 e. The standard InChI is InChI=1S/C18H19FN6OS/c19-14-5-2-1-4-13(14)12-15-23-24-17(27-15)22-16(26)18(6-9-20-10-7-18)25-11-3-8-21-25/h1-5,8,11,20H,6-7,9-10,12H2,(H,22,24,26). The van der Waals surface area contributed by atoms with Gasteiger partial charge in [0.1, 0.15) is 16.4 Å². The first-order valence-corrected chi connectivity index (χ1v) is 9.57. The van der Waals surface area contributed by atoms with E-state index in [0.29, 0.717) is 35.0 Å². The molecule has 2 N–H and O–H groups in total. The average molecular weight is 386 g/mol. The smallest absolute Gasteiger partial charge is 0.254 e. The van der Waals surface area contributed by atoms with E-state index in [9.17, 15) is 9.18 Å². The molecule has 4 rings (SSSR count). The molecule has 0 radical (unpaired) electrons. The topological polar surface area (TPSA) is 84.7 Å². The number of rotatable bonds is 5. The van der Waals surface area contributed by atoms with Gasteiger partial charge in [-0.3, -0.25) is 14.8 Å². The van der Waals surface area contributed by atoms with E-state index in [1.54, 1.807) is 29.1 Å². The Morgan fingerprint density at radius 1 is 1.26 bits per heavy atom. The molecule has 7 nitrogen and oxygen atoms in total. The molecule has 27 heavy (non-hydrogen) atoms. The molecule has 1 aliphatic heterocycles. The molecule has 1 aromatic carbocycles. The summed E-state index contributed by atoms with van der Waals surface area (Å²) in [6.07, 6.45) is 5.11. The SMILES string of the molecule is O=C(Nc1nnc(Cc2ccccc2F)s1)C1(n2cccn2)CCNCC1. The highest BCUT2D eigenvalue weighted by atomic mass is 32.1. The van der Waals surface area contributed by atoms with Crippen LogP contribution in [0.4, 0.5) is 9.52 Å². The summed E-state index contributed by atoms with van der Waals surface area (Å²) in [6.45, 7) is 1.48. The number of hydrogen-bond acceptors (Lipinski definition) is 6. The highest BCUT2D eigenvalue weighted by molar-refractivity contribution is 7.15. The lowest BCUT2D eigenvalue weighted by Crippen LogP contribution is -2.52. The number of piperidine rings is 1. The number of nitrogens with one attached hydrogen (secondary N) is 2. The van der Waals surface area contributed by atoms with Crippen LogP contribution in [0.1, 0.15) is 23.4 Å². The van der Waals surface area contributed by atoms with E-state index < -0.39 is 5.54 Å². The lowest BCUT2D eigenvalue weighted by molar-refractivity contribution is -0.126. The number of amides is 1. The summed E-state index contributed by atoms with van der Waals surface area (Å²) in [5, 5.41) is 19.7. The van der Waals surface area contributed by atoms with Crippen molar-refractivity contribution in [1.29, 1.82) is 0 Å². The van der Waals surface area contributed by atoms with E-state index in [0.717, 1.165) is 13.1 Å². The number of anilines is 1. The van der Waals surface area contributed by atoms with Gasteiger partial charge in [-0.15, -0.1) is 10.2 Å². The fraction of sp³-hybridized carbons (Fsp3) is 0.333. The Labute approximate surface area is 159 Å². The van der Waals surface area contributed by atoms with Crippen LogP contribution in [0, 0.1) is 5.82 Å². The number of carbonyl (C=O) groups excluding carboxylic acids is 1. The van der Waals surface area contributed by atoms with Gasteiger partial charge in [-0.1, -0.05) is 29.5 Å². The molecule has 0 bridgehead atoms. The average Bonchev–Trinajstić information content (AvgIpc) is 3.37. The van der Waals surface area contributed by atoms with Gasteiger partial charge in [-0.2, -0.15) is 5.10 Å². The Kier molecular flexibility index (Phi) is 4.95. The van der Waals surface area contributed by atoms with Crippen LogP contribution in [0.15, 0.2) is 42.7 Å². The van der Waals surface area contributed by atoms with E-state index in [2.05, 4.69) is 25.9 Å². The van der Waals surface area contributed by atoms with E-state index in [-0.39, 0.29) is 11.7 Å². The number of carbonyl (C=O) groups is 1. The van der Waals surface area contributed by atoms with Crippen molar-refractivity contribution in [3.8, 4) is 0 Å². The van der Waals surface area contributed by atoms with E-state index in [4.69, 9.17) is 0 Å². The van der Waals surface area contributed by atoms with Gasteiger partial charge in [0.15, 0.2) is 0 Å². The van der Waals surface area contributed by atoms with Gasteiger partial charge in [-0.05, 0) is 43.6 Å². The number of halogens is 1. The van der Waals surface area contributed by atoms with Crippen molar-refractivity contribution in [1.82, 2.24) is 25.3 Å². The quantitative estimate of drug-likeness (QED) is 0.702. The Hall–Kier alpha value is -2.65. The molecule has 1 saturated heterocycles. The van der Waals surface area contributed by atoms with E-state index >= 15 is 0 Å². The first-order valence-electron chi connectivity index (χ1n) is 8.75. The number of aromatic nitrogens is 4. The fourth-order valence-corrected chi connectivity index (χ4v) is 4.07. The number of benzene rings is 1. The van der Waals surface area contributed by atoms with Crippen LogP contribution in [-0.4, -0.2) is 39.0 Å². The fourth-order valence-electron chi connectivity index (χ4n) is 3.32. The van der Waals surface area contributed by atoms with Gasteiger partial charge < -0.3 is 5.32 Å². The lowest BCUT2D eigenvalue weighted by Gasteiger charge is -2.36. The molecule has 2 aromatic heterocycles. The van der Waals surface area contributed by atoms with Gasteiger partial charge in [0.2, 0.25) is 5.13 Å². The van der Waals surface area contributed by atoms with Crippen molar-refractivity contribution in [3.63, 3.8) is 0 Å². The second-order valence-corrected chi connectivity index (χ2v) is 7.52. The third-order valence-electron chi connectivity index (χ3n) is 4.78. The van der Waals surface area contributed by atoms with Gasteiger partial charge in [0.05, 0.1) is 0 Å². The molecule has 1 amide bonds. The highest BCUT2D eigenvalue weighted by Gasteiger charge is 2.42. The summed E-state index contributed by atoms with van der Waals surface area (Å²) in [7, 11) is 0. The molecule has 0 unspecified atom stereocenters. The molecule has 1 fully saturated rings. The Balaban J connectivity index is 1.51. The first kappa shape index (κ1) is 17.7. The maximum absolute atomic E-state index is 13.8. The van der Waals surface area contributed by atoms with Gasteiger partial charge in [0, 0.05) is 18.8 Å². The second-order valence-electron chi connectivity index (χ2n) is 6.46. The van der Waals surface area contributed by atoms with E-state index in [1.165, 1.54) is 17.4 Å². The summed E-state index contributed by atoms with van der Waals surface area (Å²) in [6, 6.07) is 8.39. The zero-order chi connectivity index (χ0) is 18.7. The van der Waals surface area contributed by atoms with Crippen LogP contribution in [0.2, 0.25) is 0 Å². The Morgan fingerprint density at radius 2 is 2.07 bits per heavy atom. The molecule has 0 spiro atoms. The van der Waals surface area contributed by atoms with Crippen molar-refractivity contribution in [3.05, 3.63) is 59.1 Å². The molecule has 0 aliphatic carbocycles. The zero-order valence-electron chi connectivity index (χ0n) is 14.6. The van der Waals surface area contributed by atoms with Gasteiger partial charge in [-0.25, -0.2) is 4.39 Å². The maximum atomic E-state index is 13.8.